The van der Waals surface area contributed by atoms with E-state index in [1.165, 1.54) is 6.20 Å². The van der Waals surface area contributed by atoms with Crippen LogP contribution in [0, 0.1) is 5.41 Å². The highest BCUT2D eigenvalue weighted by atomic mass is 16.2. The molecule has 0 radical (unpaired) electrons. The van der Waals surface area contributed by atoms with E-state index in [1.54, 1.807) is 18.1 Å². The predicted molar refractivity (Wildman–Crippen MR) is 77.2 cm³/mol. The first-order valence-corrected chi connectivity index (χ1v) is 6.60. The lowest BCUT2D eigenvalue weighted by atomic mass is 9.87. The van der Waals surface area contributed by atoms with Crippen LogP contribution in [0.4, 0.5) is 5.82 Å². The van der Waals surface area contributed by atoms with Crippen LogP contribution in [0.1, 0.15) is 45.1 Å². The van der Waals surface area contributed by atoms with E-state index in [1.807, 2.05) is 13.8 Å². The third kappa shape index (κ3) is 3.91. The Balaban J connectivity index is 2.91. The van der Waals surface area contributed by atoms with Crippen molar-refractivity contribution in [3.63, 3.8) is 0 Å². The number of anilines is 1. The van der Waals surface area contributed by atoms with Crippen LogP contribution in [0.2, 0.25) is 0 Å². The molecular weight excluding hydrogens is 240 g/mol. The summed E-state index contributed by atoms with van der Waals surface area (Å²) in [5, 5.41) is 3.06. The van der Waals surface area contributed by atoms with Crippen molar-refractivity contribution in [2.45, 2.75) is 40.7 Å². The van der Waals surface area contributed by atoms with Gasteiger partial charge in [0.2, 0.25) is 0 Å². The number of nitrogens with one attached hydrogen (secondary N) is 1. The number of amides is 1. The summed E-state index contributed by atoms with van der Waals surface area (Å²) in [5.74, 6) is 0.528. The van der Waals surface area contributed by atoms with Crippen molar-refractivity contribution in [2.75, 3.05) is 18.9 Å². The zero-order valence-corrected chi connectivity index (χ0v) is 12.7. The minimum atomic E-state index is -0.102. The summed E-state index contributed by atoms with van der Waals surface area (Å²) in [6.45, 7) is 11.1. The molecule has 0 spiro atoms. The van der Waals surface area contributed by atoms with Gasteiger partial charge in [0.25, 0.3) is 5.91 Å². The van der Waals surface area contributed by atoms with Gasteiger partial charge in [-0.25, -0.2) is 4.98 Å². The molecule has 1 atom stereocenters. The highest BCUT2D eigenvalue weighted by Gasteiger charge is 2.28. The van der Waals surface area contributed by atoms with Gasteiger partial charge >= 0.3 is 0 Å². The third-order valence-corrected chi connectivity index (χ3v) is 3.37. The van der Waals surface area contributed by atoms with Crippen LogP contribution in [0.15, 0.2) is 12.4 Å². The largest absolute Gasteiger partial charge is 0.369 e. The lowest BCUT2D eigenvalue weighted by molar-refractivity contribution is 0.0623. The maximum Gasteiger partial charge on any atom is 0.274 e. The summed E-state index contributed by atoms with van der Waals surface area (Å²) < 4.78 is 0. The summed E-state index contributed by atoms with van der Waals surface area (Å²) in [4.78, 5) is 22.4. The first-order valence-electron chi connectivity index (χ1n) is 6.60. The van der Waals surface area contributed by atoms with Gasteiger partial charge in [-0.2, -0.15) is 0 Å². The molecule has 1 amide bonds. The van der Waals surface area contributed by atoms with Gasteiger partial charge in [-0.1, -0.05) is 20.8 Å². The summed E-state index contributed by atoms with van der Waals surface area (Å²) in [6, 6.07) is 0.115. The Morgan fingerprint density at radius 1 is 1.42 bits per heavy atom. The number of aromatic nitrogens is 2. The van der Waals surface area contributed by atoms with Gasteiger partial charge < -0.3 is 10.2 Å². The Labute approximate surface area is 115 Å². The molecule has 106 valence electrons. The van der Waals surface area contributed by atoms with Crippen molar-refractivity contribution in [2.24, 2.45) is 5.41 Å². The second-order valence-electron chi connectivity index (χ2n) is 5.78. The fourth-order valence-corrected chi connectivity index (χ4v) is 1.67. The number of rotatable bonds is 4. The van der Waals surface area contributed by atoms with Crippen LogP contribution in [0.5, 0.6) is 0 Å². The Morgan fingerprint density at radius 2 is 2.05 bits per heavy atom. The lowest BCUT2D eigenvalue weighted by Gasteiger charge is -2.35. The lowest BCUT2D eigenvalue weighted by Crippen LogP contribution is -2.43. The molecule has 1 N–H and O–H groups in total. The van der Waals surface area contributed by atoms with Crippen LogP contribution >= 0.6 is 0 Å². The van der Waals surface area contributed by atoms with Gasteiger partial charge in [0.05, 0.1) is 12.4 Å². The fraction of sp³-hybridized carbons (Fsp3) is 0.643. The molecule has 0 aromatic carbocycles. The fourth-order valence-electron chi connectivity index (χ4n) is 1.67. The van der Waals surface area contributed by atoms with Crippen LogP contribution in [-0.2, 0) is 0 Å². The van der Waals surface area contributed by atoms with E-state index < -0.39 is 0 Å². The van der Waals surface area contributed by atoms with E-state index in [0.29, 0.717) is 11.5 Å². The van der Waals surface area contributed by atoms with E-state index in [-0.39, 0.29) is 17.4 Å². The zero-order valence-electron chi connectivity index (χ0n) is 12.7. The highest BCUT2D eigenvalue weighted by Crippen LogP contribution is 2.23. The number of hydrogen-bond donors (Lipinski definition) is 1. The second kappa shape index (κ2) is 5.99. The van der Waals surface area contributed by atoms with Gasteiger partial charge in [-0.15, -0.1) is 0 Å². The molecule has 5 heteroatoms. The first-order chi connectivity index (χ1) is 8.77. The van der Waals surface area contributed by atoms with Crippen molar-refractivity contribution in [1.82, 2.24) is 14.9 Å². The summed E-state index contributed by atoms with van der Waals surface area (Å²) in [6.07, 6.45) is 3.13. The predicted octanol–water partition coefficient (Wildman–Crippen LogP) is 2.42. The molecule has 0 saturated carbocycles. The molecule has 0 aliphatic rings. The van der Waals surface area contributed by atoms with Gasteiger partial charge in [-0.05, 0) is 19.3 Å². The van der Waals surface area contributed by atoms with Crippen LogP contribution in [0.25, 0.3) is 0 Å². The molecule has 1 aromatic heterocycles. The smallest absolute Gasteiger partial charge is 0.274 e. The minimum Gasteiger partial charge on any atom is -0.369 e. The van der Waals surface area contributed by atoms with E-state index in [2.05, 4.69) is 36.1 Å². The second-order valence-corrected chi connectivity index (χ2v) is 5.78. The first kappa shape index (κ1) is 15.4. The average Bonchev–Trinajstić information content (AvgIpc) is 2.36. The van der Waals surface area contributed by atoms with Crippen LogP contribution in [-0.4, -0.2) is 40.4 Å². The molecule has 0 saturated heterocycles. The van der Waals surface area contributed by atoms with E-state index in [4.69, 9.17) is 0 Å². The molecule has 19 heavy (non-hydrogen) atoms. The molecule has 1 aromatic rings. The number of carbonyl (C=O) groups excluding carboxylic acids is 1. The van der Waals surface area contributed by atoms with E-state index in [0.717, 1.165) is 6.54 Å². The van der Waals surface area contributed by atoms with Gasteiger partial charge in [0, 0.05) is 19.6 Å². The maximum absolute atomic E-state index is 12.4. The topological polar surface area (TPSA) is 58.1 Å². The van der Waals surface area contributed by atoms with E-state index >= 15 is 0 Å². The van der Waals surface area contributed by atoms with Gasteiger partial charge in [0.1, 0.15) is 11.5 Å². The zero-order chi connectivity index (χ0) is 14.6. The van der Waals surface area contributed by atoms with Gasteiger partial charge in [0.15, 0.2) is 0 Å². The molecule has 0 aliphatic carbocycles. The van der Waals surface area contributed by atoms with Crippen LogP contribution in [0.3, 0.4) is 0 Å². The van der Waals surface area contributed by atoms with E-state index in [9.17, 15) is 4.79 Å². The summed E-state index contributed by atoms with van der Waals surface area (Å²) in [5.41, 5.74) is 0.397. The minimum absolute atomic E-state index is 0.0249. The molecule has 5 nitrogen and oxygen atoms in total. The Kier molecular flexibility index (Phi) is 4.86. The monoisotopic (exact) mass is 264 g/mol. The Morgan fingerprint density at radius 3 is 2.58 bits per heavy atom. The molecule has 0 bridgehead atoms. The average molecular weight is 264 g/mol. The molecule has 1 unspecified atom stereocenters. The van der Waals surface area contributed by atoms with Crippen molar-refractivity contribution in [3.05, 3.63) is 18.1 Å². The van der Waals surface area contributed by atoms with Crippen molar-refractivity contribution in [3.8, 4) is 0 Å². The molecule has 1 rings (SSSR count). The molecular formula is C14H24N4O. The Bertz CT molecular complexity index is 439. The Hall–Kier alpha value is -1.65. The highest BCUT2D eigenvalue weighted by molar-refractivity contribution is 5.92. The third-order valence-electron chi connectivity index (χ3n) is 3.37. The standard InChI is InChI=1S/C14H24N4O/c1-7-16-12-9-15-8-11(17-12)13(19)18(6)10(2)14(3,4)5/h8-10H,7H2,1-6H3,(H,16,17). The van der Waals surface area contributed by atoms with Crippen LogP contribution < -0.4 is 5.32 Å². The van der Waals surface area contributed by atoms with Crippen molar-refractivity contribution < 1.29 is 4.79 Å². The maximum atomic E-state index is 12.4. The number of hydrogen-bond acceptors (Lipinski definition) is 4. The number of nitrogens with zero attached hydrogens (tertiary/aromatic N) is 3. The quantitative estimate of drug-likeness (QED) is 0.907. The molecule has 0 aliphatic heterocycles. The van der Waals surface area contributed by atoms with Crippen molar-refractivity contribution >= 4 is 11.7 Å². The molecule has 1 heterocycles. The summed E-state index contributed by atoms with van der Waals surface area (Å²) >= 11 is 0. The molecule has 0 fully saturated rings. The number of carbonyl (C=O) groups is 1. The summed E-state index contributed by atoms with van der Waals surface area (Å²) in [7, 11) is 1.81. The van der Waals surface area contributed by atoms with Gasteiger partial charge in [-0.3, -0.25) is 9.78 Å². The normalized spacial score (nSPS) is 12.9. The van der Waals surface area contributed by atoms with Crippen molar-refractivity contribution in [1.29, 1.82) is 0 Å². The SMILES string of the molecule is CCNc1cncc(C(=O)N(C)C(C)C(C)(C)C)n1.